The van der Waals surface area contributed by atoms with Crippen LogP contribution in [0.5, 0.6) is 0 Å². The molecule has 20 heavy (non-hydrogen) atoms. The average Bonchev–Trinajstić information content (AvgIpc) is 2.46. The van der Waals surface area contributed by atoms with E-state index in [1.807, 2.05) is 13.8 Å². The molecule has 1 heterocycles. The van der Waals surface area contributed by atoms with E-state index in [4.69, 9.17) is 11.6 Å². The van der Waals surface area contributed by atoms with Gasteiger partial charge in [0.05, 0.1) is 18.4 Å². The van der Waals surface area contributed by atoms with Crippen molar-refractivity contribution in [2.45, 2.75) is 33.2 Å². The molecule has 0 fully saturated rings. The van der Waals surface area contributed by atoms with Crippen LogP contribution in [-0.4, -0.2) is 40.7 Å². The molecule has 1 amide bonds. The Labute approximate surface area is 123 Å². The Hall–Kier alpha value is -1.56. The Morgan fingerprint density at radius 3 is 2.80 bits per heavy atom. The van der Waals surface area contributed by atoms with E-state index >= 15 is 0 Å². The smallest absolute Gasteiger partial charge is 0.287 e. The lowest BCUT2D eigenvalue weighted by molar-refractivity contribution is -0.127. The summed E-state index contributed by atoms with van der Waals surface area (Å²) in [4.78, 5) is 25.2. The SMILES string of the molecule is CCCCn1ncc(NCC(=O)N(C)CC)c(Cl)c1=O. The first-order valence-corrected chi connectivity index (χ1v) is 7.12. The predicted molar refractivity (Wildman–Crippen MR) is 80.2 cm³/mol. The zero-order valence-electron chi connectivity index (χ0n) is 12.1. The quantitative estimate of drug-likeness (QED) is 0.830. The maximum Gasteiger partial charge on any atom is 0.287 e. The highest BCUT2D eigenvalue weighted by molar-refractivity contribution is 6.33. The molecule has 0 atom stereocenters. The molecule has 1 aromatic heterocycles. The lowest BCUT2D eigenvalue weighted by Gasteiger charge is -2.15. The summed E-state index contributed by atoms with van der Waals surface area (Å²) >= 11 is 6.01. The van der Waals surface area contributed by atoms with E-state index in [2.05, 4.69) is 10.4 Å². The molecule has 1 aromatic rings. The van der Waals surface area contributed by atoms with Gasteiger partial charge in [0, 0.05) is 20.1 Å². The molecule has 1 rings (SSSR count). The van der Waals surface area contributed by atoms with Crippen molar-refractivity contribution < 1.29 is 4.79 Å². The molecule has 0 aliphatic heterocycles. The number of aryl methyl sites for hydroxylation is 1. The van der Waals surface area contributed by atoms with Crippen molar-refractivity contribution in [3.8, 4) is 0 Å². The molecule has 6 nitrogen and oxygen atoms in total. The van der Waals surface area contributed by atoms with Gasteiger partial charge >= 0.3 is 0 Å². The number of aromatic nitrogens is 2. The van der Waals surface area contributed by atoms with E-state index in [0.717, 1.165) is 12.8 Å². The van der Waals surface area contributed by atoms with Crippen molar-refractivity contribution in [2.75, 3.05) is 25.5 Å². The first-order chi connectivity index (χ1) is 9.51. The molecular weight excluding hydrogens is 280 g/mol. The summed E-state index contributed by atoms with van der Waals surface area (Å²) in [6.45, 7) is 5.20. The number of carbonyl (C=O) groups excluding carboxylic acids is 1. The molecule has 0 unspecified atom stereocenters. The molecule has 0 radical (unpaired) electrons. The number of hydrogen-bond acceptors (Lipinski definition) is 4. The molecule has 1 N–H and O–H groups in total. The topological polar surface area (TPSA) is 67.2 Å². The van der Waals surface area contributed by atoms with Gasteiger partial charge in [-0.05, 0) is 13.3 Å². The number of anilines is 1. The Bertz CT molecular complexity index is 516. The van der Waals surface area contributed by atoms with Gasteiger partial charge in [0.2, 0.25) is 5.91 Å². The fourth-order valence-electron chi connectivity index (χ4n) is 1.54. The number of nitrogens with one attached hydrogen (secondary N) is 1. The van der Waals surface area contributed by atoms with Crippen LogP contribution in [0.3, 0.4) is 0 Å². The molecule has 0 aromatic carbocycles. The molecule has 0 aliphatic rings. The van der Waals surface area contributed by atoms with Gasteiger partial charge in [0.25, 0.3) is 5.56 Å². The van der Waals surface area contributed by atoms with Crippen LogP contribution in [0, 0.1) is 0 Å². The summed E-state index contributed by atoms with van der Waals surface area (Å²) in [5, 5.41) is 6.98. The number of hydrogen-bond donors (Lipinski definition) is 1. The van der Waals surface area contributed by atoms with E-state index < -0.39 is 0 Å². The minimum Gasteiger partial charge on any atom is -0.373 e. The highest BCUT2D eigenvalue weighted by Gasteiger charge is 2.11. The first-order valence-electron chi connectivity index (χ1n) is 6.74. The zero-order chi connectivity index (χ0) is 15.1. The largest absolute Gasteiger partial charge is 0.373 e. The van der Waals surface area contributed by atoms with E-state index in [1.54, 1.807) is 11.9 Å². The van der Waals surface area contributed by atoms with Gasteiger partial charge in [0.15, 0.2) is 0 Å². The van der Waals surface area contributed by atoms with Crippen LogP contribution >= 0.6 is 11.6 Å². The molecule has 0 aliphatic carbocycles. The summed E-state index contributed by atoms with van der Waals surface area (Å²) in [5.41, 5.74) is 0.0590. The third-order valence-electron chi connectivity index (χ3n) is 3.04. The van der Waals surface area contributed by atoms with Gasteiger partial charge in [-0.25, -0.2) is 4.68 Å². The van der Waals surface area contributed by atoms with Gasteiger partial charge in [-0.3, -0.25) is 9.59 Å². The summed E-state index contributed by atoms with van der Waals surface area (Å²) < 4.78 is 1.34. The van der Waals surface area contributed by atoms with Gasteiger partial charge in [-0.15, -0.1) is 0 Å². The van der Waals surface area contributed by atoms with Crippen LogP contribution in [0.1, 0.15) is 26.7 Å². The third kappa shape index (κ3) is 4.23. The molecular formula is C13H21ClN4O2. The number of unbranched alkanes of at least 4 members (excludes halogenated alkanes) is 1. The number of halogens is 1. The Balaban J connectivity index is 2.75. The third-order valence-corrected chi connectivity index (χ3v) is 3.40. The second-order valence-corrected chi connectivity index (χ2v) is 4.89. The average molecular weight is 301 g/mol. The standard InChI is InChI=1S/C13H21ClN4O2/c1-4-6-7-18-13(20)12(14)10(8-16-18)15-9-11(19)17(3)5-2/h8,15H,4-7,9H2,1-3H3. The lowest BCUT2D eigenvalue weighted by Crippen LogP contribution is -2.32. The van der Waals surface area contributed by atoms with E-state index in [1.165, 1.54) is 10.9 Å². The highest BCUT2D eigenvalue weighted by Crippen LogP contribution is 2.15. The minimum absolute atomic E-state index is 0.0706. The van der Waals surface area contributed by atoms with Crippen molar-refractivity contribution >= 4 is 23.2 Å². The second kappa shape index (κ2) is 7.89. The van der Waals surface area contributed by atoms with Crippen LogP contribution in [0.25, 0.3) is 0 Å². The minimum atomic E-state index is -0.332. The van der Waals surface area contributed by atoms with Crippen molar-refractivity contribution in [3.63, 3.8) is 0 Å². The van der Waals surface area contributed by atoms with Crippen molar-refractivity contribution in [1.82, 2.24) is 14.7 Å². The fourth-order valence-corrected chi connectivity index (χ4v) is 1.75. The van der Waals surface area contributed by atoms with Gasteiger partial charge < -0.3 is 10.2 Å². The molecule has 112 valence electrons. The number of amides is 1. The van der Waals surface area contributed by atoms with Crippen LogP contribution in [0.4, 0.5) is 5.69 Å². The van der Waals surface area contributed by atoms with Gasteiger partial charge in [-0.1, -0.05) is 24.9 Å². The Morgan fingerprint density at radius 2 is 2.20 bits per heavy atom. The number of rotatable bonds is 7. The van der Waals surface area contributed by atoms with E-state index in [9.17, 15) is 9.59 Å². The van der Waals surface area contributed by atoms with Crippen LogP contribution < -0.4 is 10.9 Å². The maximum atomic E-state index is 12.0. The maximum absolute atomic E-state index is 12.0. The number of carbonyl (C=O) groups is 1. The summed E-state index contributed by atoms with van der Waals surface area (Å²) in [7, 11) is 1.71. The predicted octanol–water partition coefficient (Wildman–Crippen LogP) is 1.59. The molecule has 0 bridgehead atoms. The Kier molecular flexibility index (Phi) is 6.51. The van der Waals surface area contributed by atoms with Gasteiger partial charge in [0.1, 0.15) is 5.02 Å². The van der Waals surface area contributed by atoms with Crippen molar-refractivity contribution in [2.24, 2.45) is 0 Å². The zero-order valence-corrected chi connectivity index (χ0v) is 12.9. The lowest BCUT2D eigenvalue weighted by atomic mass is 10.3. The monoisotopic (exact) mass is 300 g/mol. The fraction of sp³-hybridized carbons (Fsp3) is 0.615. The highest BCUT2D eigenvalue weighted by atomic mass is 35.5. The second-order valence-electron chi connectivity index (χ2n) is 4.52. The van der Waals surface area contributed by atoms with Crippen molar-refractivity contribution in [3.05, 3.63) is 21.6 Å². The Morgan fingerprint density at radius 1 is 1.50 bits per heavy atom. The summed E-state index contributed by atoms with van der Waals surface area (Å²) in [6, 6.07) is 0. The van der Waals surface area contributed by atoms with Crippen LogP contribution in [0.15, 0.2) is 11.0 Å². The summed E-state index contributed by atoms with van der Waals surface area (Å²) in [6.07, 6.45) is 3.33. The van der Waals surface area contributed by atoms with Gasteiger partial charge in [-0.2, -0.15) is 5.10 Å². The first kappa shape index (κ1) is 16.5. The molecule has 0 saturated carbocycles. The number of likely N-dealkylation sites (N-methyl/N-ethyl adjacent to an activating group) is 1. The molecule has 0 saturated heterocycles. The van der Waals surface area contributed by atoms with Crippen LogP contribution in [0.2, 0.25) is 5.02 Å². The van der Waals surface area contributed by atoms with Crippen molar-refractivity contribution in [1.29, 1.82) is 0 Å². The number of nitrogens with zero attached hydrogens (tertiary/aromatic N) is 3. The van der Waals surface area contributed by atoms with E-state index in [-0.39, 0.29) is 23.0 Å². The normalized spacial score (nSPS) is 10.4. The molecule has 0 spiro atoms. The molecule has 7 heteroatoms. The van der Waals surface area contributed by atoms with E-state index in [0.29, 0.717) is 18.8 Å². The summed E-state index contributed by atoms with van der Waals surface area (Å²) in [5.74, 6) is -0.0706. The van der Waals surface area contributed by atoms with Crippen LogP contribution in [-0.2, 0) is 11.3 Å².